The Hall–Kier alpha value is -1.73. The fourth-order valence-electron chi connectivity index (χ4n) is 1.95. The lowest BCUT2D eigenvalue weighted by Gasteiger charge is -2.12. The van der Waals surface area contributed by atoms with E-state index in [2.05, 4.69) is 4.74 Å². The Labute approximate surface area is 113 Å². The number of aliphatic hydroxyl groups excluding tert-OH is 1. The first-order valence-electron chi connectivity index (χ1n) is 6.03. The molecule has 0 amide bonds. The molecule has 0 fully saturated rings. The second kappa shape index (κ2) is 6.15. The maximum absolute atomic E-state index is 12.4. The van der Waals surface area contributed by atoms with E-state index >= 15 is 0 Å². The van der Waals surface area contributed by atoms with Crippen LogP contribution in [0.5, 0.6) is 5.75 Å². The molecule has 0 saturated carbocycles. The first-order chi connectivity index (χ1) is 9.51. The third-order valence-corrected chi connectivity index (χ3v) is 2.69. The Balaban J connectivity index is 2.22. The molecule has 20 heavy (non-hydrogen) atoms. The highest BCUT2D eigenvalue weighted by molar-refractivity contribution is 5.86. The van der Waals surface area contributed by atoms with Gasteiger partial charge in [0.05, 0.1) is 25.3 Å². The number of alkyl halides is 3. The van der Waals surface area contributed by atoms with E-state index in [-0.39, 0.29) is 19.0 Å². The van der Waals surface area contributed by atoms with Crippen molar-refractivity contribution in [3.8, 4) is 5.75 Å². The number of ether oxygens (including phenoxy) is 2. The molecule has 1 heterocycles. The summed E-state index contributed by atoms with van der Waals surface area (Å²) < 4.78 is 47.9. The van der Waals surface area contributed by atoms with E-state index in [4.69, 9.17) is 9.84 Å². The maximum atomic E-state index is 12.4. The topological polar surface area (TPSA) is 43.6 Å². The molecule has 2 rings (SSSR count). The van der Waals surface area contributed by atoms with Gasteiger partial charge >= 0.3 is 6.36 Å². The van der Waals surface area contributed by atoms with Crippen molar-refractivity contribution in [1.82, 2.24) is 4.57 Å². The van der Waals surface area contributed by atoms with Gasteiger partial charge in [0, 0.05) is 18.1 Å². The number of nitrogens with zero attached hydrogens (tertiary/aromatic N) is 1. The molecule has 0 spiro atoms. The largest absolute Gasteiger partial charge is 0.573 e. The van der Waals surface area contributed by atoms with E-state index in [1.807, 2.05) is 0 Å². The van der Waals surface area contributed by atoms with Crippen molar-refractivity contribution in [2.75, 3.05) is 19.8 Å². The second-order valence-electron chi connectivity index (χ2n) is 4.09. The average Bonchev–Trinajstić information content (AvgIpc) is 2.77. The summed E-state index contributed by atoms with van der Waals surface area (Å²) in [6, 6.07) is 6.21. The highest BCUT2D eigenvalue weighted by Crippen LogP contribution is 2.31. The molecule has 1 aromatic carbocycles. The standard InChI is InChI=1S/C13H14F3NO3/c14-13(15,16)20-11-3-1-2-10-4-5-17(12(10)11)6-8-19-9-7-18/h1-5,18H,6-9H2. The van der Waals surface area contributed by atoms with Crippen molar-refractivity contribution in [3.05, 3.63) is 30.5 Å². The van der Waals surface area contributed by atoms with E-state index in [1.54, 1.807) is 22.9 Å². The lowest BCUT2D eigenvalue weighted by Crippen LogP contribution is -2.18. The monoisotopic (exact) mass is 289 g/mol. The first-order valence-corrected chi connectivity index (χ1v) is 6.03. The first kappa shape index (κ1) is 14.7. The zero-order valence-electron chi connectivity index (χ0n) is 10.6. The normalized spacial score (nSPS) is 12.0. The molecule has 0 radical (unpaired) electrons. The third kappa shape index (κ3) is 3.64. The summed E-state index contributed by atoms with van der Waals surface area (Å²) in [5.41, 5.74) is 0.373. The van der Waals surface area contributed by atoms with Crippen LogP contribution in [0.15, 0.2) is 30.5 Å². The van der Waals surface area contributed by atoms with Crippen LogP contribution in [-0.4, -0.2) is 35.9 Å². The van der Waals surface area contributed by atoms with Crippen LogP contribution < -0.4 is 4.74 Å². The number of rotatable bonds is 6. The van der Waals surface area contributed by atoms with Gasteiger partial charge < -0.3 is 19.1 Å². The van der Waals surface area contributed by atoms with E-state index < -0.39 is 6.36 Å². The van der Waals surface area contributed by atoms with Crippen LogP contribution in [0.3, 0.4) is 0 Å². The Morgan fingerprint density at radius 3 is 2.65 bits per heavy atom. The summed E-state index contributed by atoms with van der Waals surface area (Å²) in [5, 5.41) is 9.25. The number of benzene rings is 1. The van der Waals surface area contributed by atoms with Gasteiger partial charge in [0.2, 0.25) is 0 Å². The maximum Gasteiger partial charge on any atom is 0.573 e. The smallest absolute Gasteiger partial charge is 0.404 e. The SMILES string of the molecule is OCCOCCn1ccc2cccc(OC(F)(F)F)c21. The molecule has 0 aliphatic rings. The Morgan fingerprint density at radius 1 is 1.15 bits per heavy atom. The van der Waals surface area contributed by atoms with Gasteiger partial charge in [-0.25, -0.2) is 0 Å². The fraction of sp³-hybridized carbons (Fsp3) is 0.385. The minimum atomic E-state index is -4.73. The van der Waals surface area contributed by atoms with E-state index in [1.165, 1.54) is 12.1 Å². The van der Waals surface area contributed by atoms with Crippen LogP contribution >= 0.6 is 0 Å². The van der Waals surface area contributed by atoms with Gasteiger partial charge in [-0.1, -0.05) is 12.1 Å². The molecule has 0 unspecified atom stereocenters. The van der Waals surface area contributed by atoms with Gasteiger partial charge in [0.1, 0.15) is 0 Å². The summed E-state index contributed by atoms with van der Waals surface area (Å²) in [6.45, 7) is 0.784. The lowest BCUT2D eigenvalue weighted by molar-refractivity contribution is -0.274. The average molecular weight is 289 g/mol. The van der Waals surface area contributed by atoms with Crippen molar-refractivity contribution in [2.45, 2.75) is 12.9 Å². The van der Waals surface area contributed by atoms with Crippen molar-refractivity contribution in [1.29, 1.82) is 0 Å². The predicted octanol–water partition coefficient (Wildman–Crippen LogP) is 2.55. The van der Waals surface area contributed by atoms with Gasteiger partial charge in [-0.3, -0.25) is 0 Å². The van der Waals surface area contributed by atoms with E-state index in [0.29, 0.717) is 24.1 Å². The molecule has 4 nitrogen and oxygen atoms in total. The number of aliphatic hydroxyl groups is 1. The molecule has 0 saturated heterocycles. The molecule has 0 aliphatic carbocycles. The minimum Gasteiger partial charge on any atom is -0.404 e. The number of para-hydroxylation sites is 1. The van der Waals surface area contributed by atoms with E-state index in [9.17, 15) is 13.2 Å². The van der Waals surface area contributed by atoms with Gasteiger partial charge in [-0.2, -0.15) is 0 Å². The number of halogens is 3. The molecule has 1 aromatic heterocycles. The minimum absolute atomic E-state index is 0.0884. The Bertz CT molecular complexity index is 565. The van der Waals surface area contributed by atoms with Crippen molar-refractivity contribution >= 4 is 10.9 Å². The quantitative estimate of drug-likeness (QED) is 0.831. The van der Waals surface area contributed by atoms with Gasteiger partial charge in [-0.15, -0.1) is 13.2 Å². The van der Waals surface area contributed by atoms with Crippen molar-refractivity contribution < 1.29 is 27.8 Å². The molecule has 1 N–H and O–H groups in total. The predicted molar refractivity (Wildman–Crippen MR) is 66.5 cm³/mol. The molecule has 0 aliphatic heterocycles. The zero-order valence-corrected chi connectivity index (χ0v) is 10.6. The van der Waals surface area contributed by atoms with Crippen LogP contribution in [0.4, 0.5) is 13.2 Å². The molecule has 7 heteroatoms. The molecule has 0 bridgehead atoms. The van der Waals surface area contributed by atoms with Crippen molar-refractivity contribution in [2.24, 2.45) is 0 Å². The van der Waals surface area contributed by atoms with Gasteiger partial charge in [0.25, 0.3) is 0 Å². The van der Waals surface area contributed by atoms with Gasteiger partial charge in [-0.05, 0) is 12.1 Å². The highest BCUT2D eigenvalue weighted by Gasteiger charge is 2.32. The Kier molecular flexibility index (Phi) is 4.51. The van der Waals surface area contributed by atoms with Gasteiger partial charge in [0.15, 0.2) is 5.75 Å². The fourth-order valence-corrected chi connectivity index (χ4v) is 1.95. The van der Waals surface area contributed by atoms with Crippen LogP contribution in [0.1, 0.15) is 0 Å². The molecule has 2 aromatic rings. The lowest BCUT2D eigenvalue weighted by atomic mass is 10.2. The number of aromatic nitrogens is 1. The third-order valence-electron chi connectivity index (χ3n) is 2.69. The van der Waals surface area contributed by atoms with Crippen LogP contribution in [-0.2, 0) is 11.3 Å². The Morgan fingerprint density at radius 2 is 1.95 bits per heavy atom. The van der Waals surface area contributed by atoms with Crippen LogP contribution in [0.2, 0.25) is 0 Å². The summed E-state index contributed by atoms with van der Waals surface area (Å²) in [4.78, 5) is 0. The van der Waals surface area contributed by atoms with E-state index in [0.717, 1.165) is 0 Å². The number of hydrogen-bond donors (Lipinski definition) is 1. The molecular formula is C13H14F3NO3. The number of hydrogen-bond acceptors (Lipinski definition) is 3. The molecule has 110 valence electrons. The van der Waals surface area contributed by atoms with Crippen molar-refractivity contribution in [3.63, 3.8) is 0 Å². The van der Waals surface area contributed by atoms with Crippen LogP contribution in [0, 0.1) is 0 Å². The summed E-state index contributed by atoms with van der Waals surface area (Å²) >= 11 is 0. The molecule has 0 atom stereocenters. The summed E-state index contributed by atoms with van der Waals surface area (Å²) in [6.07, 6.45) is -3.05. The highest BCUT2D eigenvalue weighted by atomic mass is 19.4. The number of fused-ring (bicyclic) bond motifs is 1. The summed E-state index contributed by atoms with van der Waals surface area (Å²) in [7, 11) is 0. The molecular weight excluding hydrogens is 275 g/mol. The zero-order chi connectivity index (χ0) is 14.6. The van der Waals surface area contributed by atoms with Crippen LogP contribution in [0.25, 0.3) is 10.9 Å². The second-order valence-corrected chi connectivity index (χ2v) is 4.09. The summed E-state index contributed by atoms with van der Waals surface area (Å²) in [5.74, 6) is -0.234.